The van der Waals surface area contributed by atoms with Gasteiger partial charge < -0.3 is 10.1 Å². The highest BCUT2D eigenvalue weighted by Gasteiger charge is 2.37. The molecule has 0 aliphatic heterocycles. The van der Waals surface area contributed by atoms with E-state index in [1.54, 1.807) is 21.0 Å². The van der Waals surface area contributed by atoms with Gasteiger partial charge in [-0.25, -0.2) is 14.5 Å². The van der Waals surface area contributed by atoms with E-state index >= 15 is 0 Å². The molecule has 0 aliphatic rings. The predicted octanol–water partition coefficient (Wildman–Crippen LogP) is 4.77. The second-order valence-electron chi connectivity index (χ2n) is 7.61. The van der Waals surface area contributed by atoms with Gasteiger partial charge in [0.15, 0.2) is 5.13 Å². The molecule has 0 atom stereocenters. The van der Waals surface area contributed by atoms with Gasteiger partial charge in [0.1, 0.15) is 5.75 Å². The molecule has 1 N–H and O–H groups in total. The average Bonchev–Trinajstić information content (AvgIpc) is 3.37. The van der Waals surface area contributed by atoms with Crippen LogP contribution in [-0.4, -0.2) is 37.6 Å². The number of nitrogens with one attached hydrogen (secondary N) is 1. The van der Waals surface area contributed by atoms with Crippen molar-refractivity contribution in [2.75, 3.05) is 12.4 Å². The zero-order chi connectivity index (χ0) is 24.6. The molecule has 0 spiro atoms. The first-order valence-electron chi connectivity index (χ1n) is 10.3. The van der Waals surface area contributed by atoms with Gasteiger partial charge in [-0.3, -0.25) is 4.79 Å². The molecule has 0 radical (unpaired) electrons. The molecular weight excluding hydrogens is 469 g/mol. The number of carbonyl (C=O) groups excluding carboxylic acids is 1. The zero-order valence-electron chi connectivity index (χ0n) is 18.8. The van der Waals surface area contributed by atoms with Gasteiger partial charge in [0.05, 0.1) is 12.8 Å². The Hall–Kier alpha value is -3.54. The number of benzene rings is 1. The smallest absolute Gasteiger partial charge is 0.453 e. The fraction of sp³-hybridized carbons (Fsp3) is 0.318. The van der Waals surface area contributed by atoms with Crippen LogP contribution in [0.4, 0.5) is 18.3 Å². The summed E-state index contributed by atoms with van der Waals surface area (Å²) in [5.41, 5.74) is 3.30. The number of aryl methyl sites for hydroxylation is 3. The second-order valence-corrected chi connectivity index (χ2v) is 8.81. The number of carbonyl (C=O) groups is 1. The maximum atomic E-state index is 13.0. The Bertz CT molecular complexity index is 1360. The van der Waals surface area contributed by atoms with Crippen molar-refractivity contribution < 1.29 is 22.7 Å². The van der Waals surface area contributed by atoms with Crippen molar-refractivity contribution in [3.63, 3.8) is 0 Å². The lowest BCUT2D eigenvalue weighted by molar-refractivity contribution is -0.144. The molecule has 3 aromatic heterocycles. The molecule has 178 valence electrons. The first kappa shape index (κ1) is 23.6. The Labute approximate surface area is 196 Å². The third-order valence-electron chi connectivity index (χ3n) is 5.31. The number of anilines is 1. The highest BCUT2D eigenvalue weighted by atomic mass is 32.1. The van der Waals surface area contributed by atoms with Crippen LogP contribution in [0.1, 0.15) is 34.1 Å². The van der Waals surface area contributed by atoms with Crippen molar-refractivity contribution in [2.24, 2.45) is 0 Å². The fourth-order valence-electron chi connectivity index (χ4n) is 3.58. The van der Waals surface area contributed by atoms with Gasteiger partial charge in [-0.1, -0.05) is 0 Å². The Balaban J connectivity index is 1.47. The standard InChI is InChI=1S/C22H21F3N6O2S/c1-11-16(12(2)31-20(26-11)29-19(30-31)22(23,24)25)9-10-17(32)27-21-28-18(13(3)34-21)14-5-7-15(33-4)8-6-14/h5-8H,9-10H2,1-4H3,(H,27,28,32). The van der Waals surface area contributed by atoms with Crippen molar-refractivity contribution in [3.8, 4) is 17.0 Å². The van der Waals surface area contributed by atoms with Gasteiger partial charge in [0.2, 0.25) is 5.91 Å². The van der Waals surface area contributed by atoms with Gasteiger partial charge in [0.25, 0.3) is 11.6 Å². The molecule has 1 aromatic carbocycles. The number of hydrogen-bond donors (Lipinski definition) is 1. The van der Waals surface area contributed by atoms with Gasteiger partial charge in [-0.15, -0.1) is 16.4 Å². The summed E-state index contributed by atoms with van der Waals surface area (Å²) >= 11 is 1.37. The minimum atomic E-state index is -4.66. The van der Waals surface area contributed by atoms with E-state index in [-0.39, 0.29) is 24.5 Å². The molecule has 0 unspecified atom stereocenters. The van der Waals surface area contributed by atoms with Crippen molar-refractivity contribution in [1.82, 2.24) is 24.6 Å². The first-order chi connectivity index (χ1) is 16.1. The molecule has 0 saturated carbocycles. The van der Waals surface area contributed by atoms with Crippen LogP contribution < -0.4 is 10.1 Å². The summed E-state index contributed by atoms with van der Waals surface area (Å²) in [6, 6.07) is 7.48. The maximum absolute atomic E-state index is 13.0. The Morgan fingerprint density at radius 2 is 1.82 bits per heavy atom. The van der Waals surface area contributed by atoms with E-state index in [9.17, 15) is 18.0 Å². The van der Waals surface area contributed by atoms with E-state index in [2.05, 4.69) is 25.4 Å². The zero-order valence-corrected chi connectivity index (χ0v) is 19.6. The largest absolute Gasteiger partial charge is 0.497 e. The van der Waals surface area contributed by atoms with Crippen LogP contribution in [-0.2, 0) is 17.4 Å². The number of fused-ring (bicyclic) bond motifs is 1. The Morgan fingerprint density at radius 1 is 1.12 bits per heavy atom. The molecule has 0 saturated heterocycles. The van der Waals surface area contributed by atoms with Gasteiger partial charge >= 0.3 is 6.18 Å². The number of ether oxygens (including phenoxy) is 1. The number of aromatic nitrogens is 5. The number of halogens is 3. The summed E-state index contributed by atoms with van der Waals surface area (Å²) in [6.45, 7) is 5.23. The molecule has 4 aromatic rings. The minimum absolute atomic E-state index is 0.103. The number of hydrogen-bond acceptors (Lipinski definition) is 7. The van der Waals surface area contributed by atoms with Crippen LogP contribution in [0.25, 0.3) is 17.0 Å². The van der Waals surface area contributed by atoms with Crippen molar-refractivity contribution in [3.05, 3.63) is 51.9 Å². The summed E-state index contributed by atoms with van der Waals surface area (Å²) < 4.78 is 45.1. The first-order valence-corrected chi connectivity index (χ1v) is 11.1. The fourth-order valence-corrected chi connectivity index (χ4v) is 4.43. The number of thiazole rings is 1. The molecular formula is C22H21F3N6O2S. The van der Waals surface area contributed by atoms with Crippen LogP contribution in [0.2, 0.25) is 0 Å². The molecule has 3 heterocycles. The minimum Gasteiger partial charge on any atom is -0.497 e. The maximum Gasteiger partial charge on any atom is 0.453 e. The lowest BCUT2D eigenvalue weighted by atomic mass is 10.1. The summed E-state index contributed by atoms with van der Waals surface area (Å²) in [5, 5.41) is 6.81. The Kier molecular flexibility index (Phi) is 6.26. The molecule has 0 fully saturated rings. The number of methoxy groups -OCH3 is 1. The highest BCUT2D eigenvalue weighted by molar-refractivity contribution is 7.16. The SMILES string of the molecule is COc1ccc(-c2nc(NC(=O)CCc3c(C)nc4nc(C(F)(F)F)nn4c3C)sc2C)cc1. The third kappa shape index (κ3) is 4.72. The molecule has 8 nitrogen and oxygen atoms in total. The summed E-state index contributed by atoms with van der Waals surface area (Å²) in [7, 11) is 1.60. The second kappa shape index (κ2) is 9.01. The monoisotopic (exact) mass is 490 g/mol. The third-order valence-corrected chi connectivity index (χ3v) is 6.20. The molecule has 12 heteroatoms. The van der Waals surface area contributed by atoms with Crippen molar-refractivity contribution in [2.45, 2.75) is 39.8 Å². The lowest BCUT2D eigenvalue weighted by Crippen LogP contribution is -2.14. The van der Waals surface area contributed by atoms with Crippen LogP contribution >= 0.6 is 11.3 Å². The number of alkyl halides is 3. The number of rotatable bonds is 6. The highest BCUT2D eigenvalue weighted by Crippen LogP contribution is 2.31. The quantitative estimate of drug-likeness (QED) is 0.418. The van der Waals surface area contributed by atoms with Crippen molar-refractivity contribution >= 4 is 28.2 Å². The number of nitrogens with zero attached hydrogens (tertiary/aromatic N) is 5. The average molecular weight is 491 g/mol. The summed E-state index contributed by atoms with van der Waals surface area (Å²) in [5.74, 6) is -0.892. The lowest BCUT2D eigenvalue weighted by Gasteiger charge is -2.10. The van der Waals surface area contributed by atoms with Gasteiger partial charge in [-0.05, 0) is 57.0 Å². The molecule has 4 rings (SSSR count). The van der Waals surface area contributed by atoms with E-state index in [4.69, 9.17) is 4.74 Å². The van der Waals surface area contributed by atoms with Gasteiger partial charge in [0, 0.05) is 28.2 Å². The number of amides is 1. The van der Waals surface area contributed by atoms with E-state index in [1.165, 1.54) is 11.3 Å². The predicted molar refractivity (Wildman–Crippen MR) is 121 cm³/mol. The van der Waals surface area contributed by atoms with Crippen LogP contribution in [0.5, 0.6) is 5.75 Å². The summed E-state index contributed by atoms with van der Waals surface area (Å²) in [4.78, 5) is 25.7. The van der Waals surface area contributed by atoms with E-state index in [0.29, 0.717) is 22.1 Å². The molecule has 0 bridgehead atoms. The topological polar surface area (TPSA) is 94.3 Å². The molecule has 0 aliphatic carbocycles. The van der Waals surface area contributed by atoms with Crippen LogP contribution in [0.3, 0.4) is 0 Å². The molecule has 1 amide bonds. The van der Waals surface area contributed by atoms with E-state index in [0.717, 1.165) is 26.4 Å². The van der Waals surface area contributed by atoms with E-state index in [1.807, 2.05) is 31.2 Å². The normalized spacial score (nSPS) is 11.7. The Morgan fingerprint density at radius 3 is 2.47 bits per heavy atom. The molecule has 34 heavy (non-hydrogen) atoms. The van der Waals surface area contributed by atoms with Crippen molar-refractivity contribution in [1.29, 1.82) is 0 Å². The van der Waals surface area contributed by atoms with E-state index < -0.39 is 12.0 Å². The van der Waals surface area contributed by atoms with Crippen LogP contribution in [0.15, 0.2) is 24.3 Å². The van der Waals surface area contributed by atoms with Gasteiger partial charge in [-0.2, -0.15) is 18.2 Å². The summed E-state index contributed by atoms with van der Waals surface area (Å²) in [6.07, 6.45) is -4.28. The van der Waals surface area contributed by atoms with Crippen LogP contribution in [0, 0.1) is 20.8 Å².